The molecule has 2 aromatic heterocycles. The standard InChI is InChI=1S/C14H17F3N6O/c1-22-12(18)9(5-20-22)13(24)19-4-8-2-3-11-21-10(14(15,16)17)7-23(11)6-8/h5,7-8H,2-4,6,18H2,1H3,(H,19,24). The molecule has 0 saturated carbocycles. The van der Waals surface area contributed by atoms with Crippen molar-refractivity contribution in [2.75, 3.05) is 12.3 Å². The van der Waals surface area contributed by atoms with E-state index in [4.69, 9.17) is 5.73 Å². The van der Waals surface area contributed by atoms with Gasteiger partial charge in [0.25, 0.3) is 5.91 Å². The number of imidazole rings is 1. The third-order valence-corrected chi connectivity index (χ3v) is 4.16. The van der Waals surface area contributed by atoms with Crippen molar-refractivity contribution in [3.05, 3.63) is 29.5 Å². The average molecular weight is 342 g/mol. The summed E-state index contributed by atoms with van der Waals surface area (Å²) in [6, 6.07) is 0. The maximum Gasteiger partial charge on any atom is 0.434 e. The minimum Gasteiger partial charge on any atom is -0.383 e. The summed E-state index contributed by atoms with van der Waals surface area (Å²) in [6.07, 6.45) is -0.911. The number of aryl methyl sites for hydroxylation is 2. The van der Waals surface area contributed by atoms with Crippen LogP contribution < -0.4 is 11.1 Å². The van der Waals surface area contributed by atoms with Crippen molar-refractivity contribution in [1.82, 2.24) is 24.6 Å². The summed E-state index contributed by atoms with van der Waals surface area (Å²) in [5.74, 6) is 0.395. The molecule has 24 heavy (non-hydrogen) atoms. The van der Waals surface area contributed by atoms with E-state index < -0.39 is 11.9 Å². The molecule has 2 aromatic rings. The van der Waals surface area contributed by atoms with Gasteiger partial charge < -0.3 is 15.6 Å². The molecule has 0 spiro atoms. The van der Waals surface area contributed by atoms with Gasteiger partial charge in [0.2, 0.25) is 0 Å². The number of nitrogens with two attached hydrogens (primary N) is 1. The lowest BCUT2D eigenvalue weighted by Gasteiger charge is -2.23. The molecule has 1 unspecified atom stereocenters. The van der Waals surface area contributed by atoms with Gasteiger partial charge in [-0.3, -0.25) is 9.48 Å². The van der Waals surface area contributed by atoms with Crippen LogP contribution in [-0.2, 0) is 26.2 Å². The molecule has 3 heterocycles. The SMILES string of the molecule is Cn1ncc(C(=O)NCC2CCc3nc(C(F)(F)F)cn3C2)c1N. The van der Waals surface area contributed by atoms with Crippen LogP contribution in [-0.4, -0.2) is 31.8 Å². The van der Waals surface area contributed by atoms with Crippen LogP contribution in [0, 0.1) is 5.92 Å². The lowest BCUT2D eigenvalue weighted by atomic mass is 9.99. The van der Waals surface area contributed by atoms with Crippen LogP contribution in [0.2, 0.25) is 0 Å². The number of halogens is 3. The minimum absolute atomic E-state index is 0.0367. The van der Waals surface area contributed by atoms with Gasteiger partial charge in [-0.05, 0) is 12.3 Å². The molecule has 0 fully saturated rings. The van der Waals surface area contributed by atoms with Crippen molar-refractivity contribution in [1.29, 1.82) is 0 Å². The largest absolute Gasteiger partial charge is 0.434 e. The molecule has 3 N–H and O–H groups in total. The number of anilines is 1. The molecule has 0 saturated heterocycles. The van der Waals surface area contributed by atoms with Crippen LogP contribution >= 0.6 is 0 Å². The molecule has 1 atom stereocenters. The molecule has 0 radical (unpaired) electrons. The Bertz CT molecular complexity index is 763. The Hall–Kier alpha value is -2.52. The first kappa shape index (κ1) is 16.3. The highest BCUT2D eigenvalue weighted by Crippen LogP contribution is 2.30. The second-order valence-corrected chi connectivity index (χ2v) is 5.87. The third kappa shape index (κ3) is 3.08. The molecule has 3 rings (SSSR count). The maximum absolute atomic E-state index is 12.7. The van der Waals surface area contributed by atoms with E-state index in [1.807, 2.05) is 0 Å². The van der Waals surface area contributed by atoms with Crippen LogP contribution in [0.3, 0.4) is 0 Å². The van der Waals surface area contributed by atoms with E-state index in [0.29, 0.717) is 31.8 Å². The van der Waals surface area contributed by atoms with Crippen molar-refractivity contribution < 1.29 is 18.0 Å². The zero-order valence-corrected chi connectivity index (χ0v) is 13.0. The number of aromatic nitrogens is 4. The highest BCUT2D eigenvalue weighted by molar-refractivity contribution is 5.98. The Morgan fingerprint density at radius 3 is 2.88 bits per heavy atom. The number of carbonyl (C=O) groups is 1. The van der Waals surface area contributed by atoms with E-state index in [0.717, 1.165) is 6.20 Å². The van der Waals surface area contributed by atoms with Crippen molar-refractivity contribution in [2.24, 2.45) is 13.0 Å². The summed E-state index contributed by atoms with van der Waals surface area (Å²) in [6.45, 7) is 0.743. The highest BCUT2D eigenvalue weighted by Gasteiger charge is 2.35. The molecular formula is C14H17F3N6O. The molecule has 10 heteroatoms. The first-order valence-electron chi connectivity index (χ1n) is 7.44. The number of hydrogen-bond acceptors (Lipinski definition) is 4. The second-order valence-electron chi connectivity index (χ2n) is 5.87. The van der Waals surface area contributed by atoms with Crippen molar-refractivity contribution >= 4 is 11.7 Å². The number of nitrogen functional groups attached to an aromatic ring is 1. The van der Waals surface area contributed by atoms with Gasteiger partial charge >= 0.3 is 6.18 Å². The molecule has 0 aliphatic carbocycles. The lowest BCUT2D eigenvalue weighted by Crippen LogP contribution is -2.33. The average Bonchev–Trinajstić information content (AvgIpc) is 3.09. The quantitative estimate of drug-likeness (QED) is 0.877. The number of carbonyl (C=O) groups excluding carboxylic acids is 1. The number of hydrogen-bond donors (Lipinski definition) is 2. The first-order valence-corrected chi connectivity index (χ1v) is 7.44. The Morgan fingerprint density at radius 1 is 1.50 bits per heavy atom. The molecule has 1 aliphatic rings. The second kappa shape index (κ2) is 5.84. The topological polar surface area (TPSA) is 90.8 Å². The normalized spacial score (nSPS) is 17.6. The highest BCUT2D eigenvalue weighted by atomic mass is 19.4. The summed E-state index contributed by atoms with van der Waals surface area (Å²) in [5.41, 5.74) is 5.16. The lowest BCUT2D eigenvalue weighted by molar-refractivity contribution is -0.141. The van der Waals surface area contributed by atoms with E-state index in [2.05, 4.69) is 15.4 Å². The summed E-state index contributed by atoms with van der Waals surface area (Å²) in [5, 5.41) is 6.66. The summed E-state index contributed by atoms with van der Waals surface area (Å²) < 4.78 is 41.0. The van der Waals surface area contributed by atoms with Crippen molar-refractivity contribution in [3.8, 4) is 0 Å². The van der Waals surface area contributed by atoms with Gasteiger partial charge in [0.15, 0.2) is 5.69 Å². The van der Waals surface area contributed by atoms with E-state index in [9.17, 15) is 18.0 Å². The Balaban J connectivity index is 1.61. The van der Waals surface area contributed by atoms with E-state index >= 15 is 0 Å². The fourth-order valence-corrected chi connectivity index (χ4v) is 2.77. The van der Waals surface area contributed by atoms with E-state index in [1.165, 1.54) is 15.4 Å². The van der Waals surface area contributed by atoms with Gasteiger partial charge in [-0.15, -0.1) is 0 Å². The van der Waals surface area contributed by atoms with Gasteiger partial charge in [-0.2, -0.15) is 18.3 Å². The summed E-state index contributed by atoms with van der Waals surface area (Å²) in [7, 11) is 1.63. The Kier molecular flexibility index (Phi) is 3.98. The number of rotatable bonds is 3. The molecule has 0 bridgehead atoms. The predicted molar refractivity (Wildman–Crippen MR) is 79.0 cm³/mol. The van der Waals surface area contributed by atoms with Crippen molar-refractivity contribution in [3.63, 3.8) is 0 Å². The molecular weight excluding hydrogens is 325 g/mol. The number of alkyl halides is 3. The van der Waals surface area contributed by atoms with Gasteiger partial charge in [-0.1, -0.05) is 0 Å². The van der Waals surface area contributed by atoms with Gasteiger partial charge in [0.1, 0.15) is 17.2 Å². The first-order chi connectivity index (χ1) is 11.3. The monoisotopic (exact) mass is 342 g/mol. The zero-order chi connectivity index (χ0) is 17.5. The van der Waals surface area contributed by atoms with Crippen LogP contribution in [0.15, 0.2) is 12.4 Å². The molecule has 130 valence electrons. The van der Waals surface area contributed by atoms with E-state index in [1.54, 1.807) is 7.05 Å². The van der Waals surface area contributed by atoms with Gasteiger partial charge in [0.05, 0.1) is 6.20 Å². The smallest absolute Gasteiger partial charge is 0.383 e. The van der Waals surface area contributed by atoms with Crippen LogP contribution in [0.5, 0.6) is 0 Å². The van der Waals surface area contributed by atoms with Gasteiger partial charge in [0, 0.05) is 32.8 Å². The van der Waals surface area contributed by atoms with Crippen LogP contribution in [0.1, 0.15) is 28.3 Å². The number of nitrogens with zero attached hydrogens (tertiary/aromatic N) is 4. The molecule has 7 nitrogen and oxygen atoms in total. The minimum atomic E-state index is -4.44. The molecule has 0 aromatic carbocycles. The van der Waals surface area contributed by atoms with E-state index in [-0.39, 0.29) is 23.2 Å². The number of nitrogens with one attached hydrogen (secondary N) is 1. The fourth-order valence-electron chi connectivity index (χ4n) is 2.77. The Morgan fingerprint density at radius 2 is 2.25 bits per heavy atom. The molecule has 1 amide bonds. The maximum atomic E-state index is 12.7. The Labute approximate surface area is 135 Å². The van der Waals surface area contributed by atoms with Crippen molar-refractivity contribution in [2.45, 2.75) is 25.6 Å². The predicted octanol–water partition coefficient (Wildman–Crippen LogP) is 1.21. The molecule has 1 aliphatic heterocycles. The van der Waals surface area contributed by atoms with Gasteiger partial charge in [-0.25, -0.2) is 4.98 Å². The summed E-state index contributed by atoms with van der Waals surface area (Å²) in [4.78, 5) is 15.7. The summed E-state index contributed by atoms with van der Waals surface area (Å²) >= 11 is 0. The fraction of sp³-hybridized carbons (Fsp3) is 0.500. The zero-order valence-electron chi connectivity index (χ0n) is 13.0. The number of amides is 1. The van der Waals surface area contributed by atoms with Crippen LogP contribution in [0.4, 0.5) is 19.0 Å². The van der Waals surface area contributed by atoms with Crippen LogP contribution in [0.25, 0.3) is 0 Å². The third-order valence-electron chi connectivity index (χ3n) is 4.16. The number of fused-ring (bicyclic) bond motifs is 1.